The van der Waals surface area contributed by atoms with E-state index < -0.39 is 11.9 Å². The molecule has 0 fully saturated rings. The maximum atomic E-state index is 12.2. The fraction of sp³-hybridized carbons (Fsp3) is 0. The molecule has 1 N–H and O–H groups in total. The molecule has 0 radical (unpaired) electrons. The van der Waals surface area contributed by atoms with Gasteiger partial charge in [-0.25, -0.2) is 4.79 Å². The van der Waals surface area contributed by atoms with Crippen molar-refractivity contribution in [2.75, 3.05) is 0 Å². The van der Waals surface area contributed by atoms with Crippen LogP contribution in [0.4, 0.5) is 0 Å². The molecule has 0 saturated heterocycles. The third-order valence-electron chi connectivity index (χ3n) is 3.30. The summed E-state index contributed by atoms with van der Waals surface area (Å²) in [6, 6.07) is 8.43. The summed E-state index contributed by atoms with van der Waals surface area (Å²) in [5.41, 5.74) is 1.68. The Labute approximate surface area is 141 Å². The molecule has 2 aromatic rings. The molecule has 0 atom stereocenters. The van der Waals surface area contributed by atoms with Crippen molar-refractivity contribution >= 4 is 17.7 Å². The fourth-order valence-corrected chi connectivity index (χ4v) is 2.34. The van der Waals surface area contributed by atoms with Crippen LogP contribution in [0, 0.1) is 0 Å². The summed E-state index contributed by atoms with van der Waals surface area (Å²) < 4.78 is 0. The predicted octanol–water partition coefficient (Wildman–Crippen LogP) is -2.04. The minimum atomic E-state index is -1.36. The average Bonchev–Trinajstić information content (AvgIpc) is 2.71. The Morgan fingerprint density at radius 2 is 1.33 bits per heavy atom. The standard InChI is InChI=1S/C15H8O5.Na/c16-13-11-5-7(14(17)18)1-3-9(11)10-4-2-8(15(19)20)6-12(10)13;/h1-6H,(H,17,18)(H,19,20);/q;+1/p-1. The molecule has 6 heteroatoms. The molecule has 1 aliphatic carbocycles. The zero-order valence-electron chi connectivity index (χ0n) is 11.0. The molecule has 0 aromatic heterocycles. The molecule has 0 spiro atoms. The van der Waals surface area contributed by atoms with Crippen LogP contribution in [0.25, 0.3) is 11.1 Å². The van der Waals surface area contributed by atoms with Crippen molar-refractivity contribution in [2.45, 2.75) is 0 Å². The number of ketones is 1. The third-order valence-corrected chi connectivity index (χ3v) is 3.30. The Morgan fingerprint density at radius 1 is 0.857 bits per heavy atom. The van der Waals surface area contributed by atoms with E-state index in [1.165, 1.54) is 30.3 Å². The van der Waals surface area contributed by atoms with Crippen LogP contribution in [0.5, 0.6) is 0 Å². The second kappa shape index (κ2) is 5.44. The van der Waals surface area contributed by atoms with Gasteiger partial charge in [0.25, 0.3) is 0 Å². The van der Waals surface area contributed by atoms with E-state index in [0.717, 1.165) is 0 Å². The van der Waals surface area contributed by atoms with E-state index in [2.05, 4.69) is 0 Å². The van der Waals surface area contributed by atoms with Gasteiger partial charge in [0.2, 0.25) is 0 Å². The van der Waals surface area contributed by atoms with Crippen molar-refractivity contribution in [3.63, 3.8) is 0 Å². The SMILES string of the molecule is O=C([O-])c1ccc2c(c1)C(=O)c1cc(C(=O)O)ccc1-2.[Na+]. The van der Waals surface area contributed by atoms with Crippen molar-refractivity contribution < 1.29 is 54.2 Å². The summed E-state index contributed by atoms with van der Waals surface area (Å²) in [6.45, 7) is 0. The number of carbonyl (C=O) groups is 3. The summed E-state index contributed by atoms with van der Waals surface area (Å²) in [7, 11) is 0. The van der Waals surface area contributed by atoms with E-state index in [1.807, 2.05) is 0 Å². The minimum Gasteiger partial charge on any atom is -0.545 e. The summed E-state index contributed by atoms with van der Waals surface area (Å²) in [6.07, 6.45) is 0. The molecule has 0 bridgehead atoms. The number of hydrogen-bond donors (Lipinski definition) is 1. The quantitative estimate of drug-likeness (QED) is 0.549. The van der Waals surface area contributed by atoms with E-state index in [1.54, 1.807) is 6.07 Å². The van der Waals surface area contributed by atoms with Crippen LogP contribution in [0.2, 0.25) is 0 Å². The first kappa shape index (κ1) is 15.4. The van der Waals surface area contributed by atoms with Crippen LogP contribution in [-0.2, 0) is 0 Å². The molecule has 98 valence electrons. The Kier molecular flexibility index (Phi) is 4.00. The van der Waals surface area contributed by atoms with Gasteiger partial charge in [-0.15, -0.1) is 0 Å². The molecule has 0 saturated carbocycles. The topological polar surface area (TPSA) is 94.5 Å². The number of carboxylic acids is 2. The molecule has 0 aliphatic heterocycles. The number of fused-ring (bicyclic) bond motifs is 3. The second-order valence-electron chi connectivity index (χ2n) is 4.44. The van der Waals surface area contributed by atoms with E-state index in [0.29, 0.717) is 11.1 Å². The summed E-state index contributed by atoms with van der Waals surface area (Å²) >= 11 is 0. The Morgan fingerprint density at radius 3 is 1.81 bits per heavy atom. The predicted molar refractivity (Wildman–Crippen MR) is 66.6 cm³/mol. The van der Waals surface area contributed by atoms with Crippen LogP contribution in [0.1, 0.15) is 36.6 Å². The summed E-state index contributed by atoms with van der Waals surface area (Å²) in [4.78, 5) is 34.0. The van der Waals surface area contributed by atoms with Crippen molar-refractivity contribution in [2.24, 2.45) is 0 Å². The molecule has 2 aromatic carbocycles. The van der Waals surface area contributed by atoms with Gasteiger partial charge in [0.05, 0.1) is 11.5 Å². The largest absolute Gasteiger partial charge is 1.00 e. The van der Waals surface area contributed by atoms with E-state index >= 15 is 0 Å². The van der Waals surface area contributed by atoms with Crippen LogP contribution >= 0.6 is 0 Å². The maximum absolute atomic E-state index is 12.2. The van der Waals surface area contributed by atoms with Crippen LogP contribution in [-0.4, -0.2) is 22.8 Å². The maximum Gasteiger partial charge on any atom is 1.00 e. The zero-order valence-corrected chi connectivity index (χ0v) is 13.0. The monoisotopic (exact) mass is 290 g/mol. The third kappa shape index (κ3) is 2.40. The normalized spacial score (nSPS) is 11.3. The average molecular weight is 290 g/mol. The van der Waals surface area contributed by atoms with Crippen molar-refractivity contribution in [1.82, 2.24) is 0 Å². The van der Waals surface area contributed by atoms with Crippen molar-refractivity contribution in [1.29, 1.82) is 0 Å². The molecule has 21 heavy (non-hydrogen) atoms. The van der Waals surface area contributed by atoms with Gasteiger partial charge in [0.1, 0.15) is 0 Å². The summed E-state index contributed by atoms with van der Waals surface area (Å²) in [5, 5.41) is 19.8. The van der Waals surface area contributed by atoms with Gasteiger partial charge in [-0.1, -0.05) is 18.2 Å². The first-order valence-electron chi connectivity index (χ1n) is 5.77. The molecule has 5 nitrogen and oxygen atoms in total. The molecular formula is C15H7NaO5. The van der Waals surface area contributed by atoms with Gasteiger partial charge in [-0.2, -0.15) is 0 Å². The molecule has 0 amide bonds. The van der Waals surface area contributed by atoms with Crippen LogP contribution < -0.4 is 34.7 Å². The van der Waals surface area contributed by atoms with Gasteiger partial charge in [-0.05, 0) is 34.9 Å². The van der Waals surface area contributed by atoms with Gasteiger partial charge in [0, 0.05) is 11.1 Å². The van der Waals surface area contributed by atoms with Gasteiger partial charge in [0.15, 0.2) is 5.78 Å². The van der Waals surface area contributed by atoms with Crippen LogP contribution in [0.15, 0.2) is 36.4 Å². The summed E-state index contributed by atoms with van der Waals surface area (Å²) in [5.74, 6) is -2.85. The fourth-order valence-electron chi connectivity index (χ4n) is 2.34. The van der Waals surface area contributed by atoms with Crippen molar-refractivity contribution in [3.8, 4) is 11.1 Å². The first-order chi connectivity index (χ1) is 9.49. The van der Waals surface area contributed by atoms with E-state index in [4.69, 9.17) is 5.11 Å². The number of hydrogen-bond acceptors (Lipinski definition) is 4. The van der Waals surface area contributed by atoms with Crippen molar-refractivity contribution in [3.05, 3.63) is 58.7 Å². The van der Waals surface area contributed by atoms with E-state index in [-0.39, 0.29) is 57.6 Å². The van der Waals surface area contributed by atoms with Crippen LogP contribution in [0.3, 0.4) is 0 Å². The molecule has 3 rings (SSSR count). The number of carbonyl (C=O) groups excluding carboxylic acids is 2. The second-order valence-corrected chi connectivity index (χ2v) is 4.44. The number of rotatable bonds is 2. The molecular weight excluding hydrogens is 283 g/mol. The number of carboxylic acid groups (broad SMARTS) is 2. The van der Waals surface area contributed by atoms with Gasteiger partial charge >= 0.3 is 35.5 Å². The molecule has 0 unspecified atom stereocenters. The Hall–Kier alpha value is -1.95. The number of benzene rings is 2. The van der Waals surface area contributed by atoms with Gasteiger partial charge < -0.3 is 15.0 Å². The minimum absolute atomic E-state index is 0. The smallest absolute Gasteiger partial charge is 0.545 e. The van der Waals surface area contributed by atoms with Gasteiger partial charge in [-0.3, -0.25) is 4.79 Å². The zero-order chi connectivity index (χ0) is 14.4. The van der Waals surface area contributed by atoms with E-state index in [9.17, 15) is 19.5 Å². The molecule has 1 aliphatic rings. The Bertz CT molecular complexity index is 729. The number of aromatic carboxylic acids is 2. The molecule has 0 heterocycles. The Balaban J connectivity index is 0.00000161. The first-order valence-corrected chi connectivity index (χ1v) is 5.77.